The van der Waals surface area contributed by atoms with Crippen molar-refractivity contribution in [1.82, 2.24) is 5.32 Å². The third-order valence-electron chi connectivity index (χ3n) is 2.91. The molecular formula is C15H18FNOS. The molecule has 0 aliphatic rings. The van der Waals surface area contributed by atoms with Gasteiger partial charge in [0.25, 0.3) is 0 Å². The van der Waals surface area contributed by atoms with Gasteiger partial charge in [-0.1, -0.05) is 18.2 Å². The monoisotopic (exact) mass is 279 g/mol. The van der Waals surface area contributed by atoms with Crippen molar-refractivity contribution in [1.29, 1.82) is 0 Å². The molecule has 1 heterocycles. The lowest BCUT2D eigenvalue weighted by molar-refractivity contribution is 0.187. The summed E-state index contributed by atoms with van der Waals surface area (Å²) in [6.45, 7) is 4.34. The van der Waals surface area contributed by atoms with Crippen LogP contribution >= 0.6 is 11.3 Å². The van der Waals surface area contributed by atoms with Gasteiger partial charge in [0.1, 0.15) is 5.82 Å². The Morgan fingerprint density at radius 3 is 2.63 bits per heavy atom. The Hall–Kier alpha value is -1.23. The predicted octanol–water partition coefficient (Wildman–Crippen LogP) is 3.59. The molecule has 1 aromatic heterocycles. The van der Waals surface area contributed by atoms with Crippen molar-refractivity contribution in [2.75, 3.05) is 6.54 Å². The highest BCUT2D eigenvalue weighted by Crippen LogP contribution is 2.32. The quantitative estimate of drug-likeness (QED) is 0.876. The average molecular weight is 279 g/mol. The van der Waals surface area contributed by atoms with Crippen LogP contribution in [0.25, 0.3) is 10.4 Å². The van der Waals surface area contributed by atoms with Crippen LogP contribution in [0.15, 0.2) is 36.4 Å². The van der Waals surface area contributed by atoms with Gasteiger partial charge in [0, 0.05) is 27.9 Å². The first-order chi connectivity index (χ1) is 9.08. The van der Waals surface area contributed by atoms with E-state index in [1.54, 1.807) is 30.4 Å². The van der Waals surface area contributed by atoms with Crippen LogP contribution < -0.4 is 5.32 Å². The highest BCUT2D eigenvalue weighted by atomic mass is 32.1. The van der Waals surface area contributed by atoms with E-state index in [1.807, 2.05) is 25.1 Å². The minimum absolute atomic E-state index is 0.153. The number of hydrogen-bond acceptors (Lipinski definition) is 3. The zero-order chi connectivity index (χ0) is 13.8. The smallest absolute Gasteiger partial charge is 0.131 e. The largest absolute Gasteiger partial charge is 0.392 e. The van der Waals surface area contributed by atoms with Gasteiger partial charge < -0.3 is 10.4 Å². The van der Waals surface area contributed by atoms with Gasteiger partial charge in [-0.25, -0.2) is 4.39 Å². The molecule has 0 aliphatic heterocycles. The Morgan fingerprint density at radius 1 is 1.21 bits per heavy atom. The number of halogens is 1. The molecule has 0 radical (unpaired) electrons. The molecule has 0 aliphatic carbocycles. The molecule has 19 heavy (non-hydrogen) atoms. The van der Waals surface area contributed by atoms with Gasteiger partial charge in [-0.05, 0) is 32.0 Å². The van der Waals surface area contributed by atoms with E-state index in [-0.39, 0.29) is 18.0 Å². The van der Waals surface area contributed by atoms with Crippen LogP contribution in [-0.4, -0.2) is 17.8 Å². The molecule has 2 N–H and O–H groups in total. The van der Waals surface area contributed by atoms with Crippen molar-refractivity contribution >= 4 is 11.3 Å². The molecule has 0 fully saturated rings. The number of aliphatic hydroxyl groups is 1. The zero-order valence-corrected chi connectivity index (χ0v) is 11.9. The molecular weight excluding hydrogens is 261 g/mol. The van der Waals surface area contributed by atoms with E-state index in [9.17, 15) is 9.50 Å². The number of benzene rings is 1. The fourth-order valence-electron chi connectivity index (χ4n) is 1.84. The van der Waals surface area contributed by atoms with Crippen LogP contribution in [0.2, 0.25) is 0 Å². The first-order valence-electron chi connectivity index (χ1n) is 6.34. The molecule has 2 nitrogen and oxygen atoms in total. The maximum absolute atomic E-state index is 13.7. The Labute approximate surface area is 116 Å². The van der Waals surface area contributed by atoms with E-state index in [2.05, 4.69) is 5.32 Å². The van der Waals surface area contributed by atoms with Crippen molar-refractivity contribution in [3.8, 4) is 10.4 Å². The van der Waals surface area contributed by atoms with Gasteiger partial charge in [-0.2, -0.15) is 0 Å². The van der Waals surface area contributed by atoms with Crippen LogP contribution in [0.5, 0.6) is 0 Å². The highest BCUT2D eigenvalue weighted by Gasteiger charge is 2.11. The molecule has 0 spiro atoms. The minimum atomic E-state index is -0.367. The second-order valence-electron chi connectivity index (χ2n) is 4.66. The van der Waals surface area contributed by atoms with Crippen molar-refractivity contribution < 1.29 is 9.50 Å². The van der Waals surface area contributed by atoms with Crippen molar-refractivity contribution in [2.45, 2.75) is 26.0 Å². The average Bonchev–Trinajstić information content (AvgIpc) is 2.86. The van der Waals surface area contributed by atoms with Gasteiger partial charge in [-0.15, -0.1) is 11.3 Å². The van der Waals surface area contributed by atoms with E-state index in [1.165, 1.54) is 6.07 Å². The summed E-state index contributed by atoms with van der Waals surface area (Å²) in [7, 11) is 0. The SMILES string of the molecule is CC(O)CNC(C)c1ccc(-c2ccccc2F)s1. The van der Waals surface area contributed by atoms with Crippen molar-refractivity contribution in [3.63, 3.8) is 0 Å². The van der Waals surface area contributed by atoms with Gasteiger partial charge in [0.05, 0.1) is 6.10 Å². The summed E-state index contributed by atoms with van der Waals surface area (Å²) in [4.78, 5) is 2.07. The second kappa shape index (κ2) is 6.28. The van der Waals surface area contributed by atoms with Crippen LogP contribution in [-0.2, 0) is 0 Å². The summed E-state index contributed by atoms with van der Waals surface area (Å²) >= 11 is 1.58. The Morgan fingerprint density at radius 2 is 1.95 bits per heavy atom. The lowest BCUT2D eigenvalue weighted by atomic mass is 10.2. The maximum atomic E-state index is 13.7. The standard InChI is InChI=1S/C15H18FNOS/c1-10(18)9-17-11(2)14-7-8-15(19-14)12-5-3-4-6-13(12)16/h3-8,10-11,17-18H,9H2,1-2H3. The van der Waals surface area contributed by atoms with E-state index < -0.39 is 0 Å². The van der Waals surface area contributed by atoms with Crippen LogP contribution in [0.3, 0.4) is 0 Å². The summed E-state index contributed by atoms with van der Waals surface area (Å²) in [6, 6.07) is 10.9. The summed E-state index contributed by atoms with van der Waals surface area (Å²) in [6.07, 6.45) is -0.367. The number of rotatable bonds is 5. The molecule has 0 saturated carbocycles. The number of hydrogen-bond donors (Lipinski definition) is 2. The number of thiophene rings is 1. The molecule has 1 aromatic carbocycles. The summed E-state index contributed by atoms with van der Waals surface area (Å²) in [5, 5.41) is 12.5. The van der Waals surface area contributed by atoms with Crippen LogP contribution in [0.4, 0.5) is 4.39 Å². The minimum Gasteiger partial charge on any atom is -0.392 e. The van der Waals surface area contributed by atoms with Gasteiger partial charge >= 0.3 is 0 Å². The molecule has 4 heteroatoms. The molecule has 2 atom stereocenters. The number of nitrogens with one attached hydrogen (secondary N) is 1. The summed E-state index contributed by atoms with van der Waals surface area (Å²) in [5.74, 6) is -0.194. The fourth-order valence-corrected chi connectivity index (χ4v) is 2.90. The first-order valence-corrected chi connectivity index (χ1v) is 7.15. The molecule has 0 saturated heterocycles. The molecule has 0 amide bonds. The van der Waals surface area contributed by atoms with E-state index in [0.29, 0.717) is 12.1 Å². The topological polar surface area (TPSA) is 32.3 Å². The van der Waals surface area contributed by atoms with E-state index in [4.69, 9.17) is 0 Å². The lowest BCUT2D eigenvalue weighted by Gasteiger charge is -2.13. The van der Waals surface area contributed by atoms with Gasteiger partial charge in [-0.3, -0.25) is 0 Å². The Kier molecular flexibility index (Phi) is 4.69. The Balaban J connectivity index is 2.13. The number of aliphatic hydroxyl groups excluding tert-OH is 1. The van der Waals surface area contributed by atoms with Crippen molar-refractivity contribution in [3.05, 3.63) is 47.1 Å². The van der Waals surface area contributed by atoms with Gasteiger partial charge in [0.2, 0.25) is 0 Å². The van der Waals surface area contributed by atoms with E-state index in [0.717, 1.165) is 9.75 Å². The molecule has 102 valence electrons. The zero-order valence-electron chi connectivity index (χ0n) is 11.1. The van der Waals surface area contributed by atoms with E-state index >= 15 is 0 Å². The highest BCUT2D eigenvalue weighted by molar-refractivity contribution is 7.15. The maximum Gasteiger partial charge on any atom is 0.131 e. The third kappa shape index (κ3) is 3.62. The van der Waals surface area contributed by atoms with Crippen molar-refractivity contribution in [2.24, 2.45) is 0 Å². The lowest BCUT2D eigenvalue weighted by Crippen LogP contribution is -2.26. The van der Waals surface area contributed by atoms with Crippen LogP contribution in [0, 0.1) is 5.82 Å². The molecule has 0 bridgehead atoms. The molecule has 2 unspecified atom stereocenters. The summed E-state index contributed by atoms with van der Waals surface area (Å²) < 4.78 is 13.7. The predicted molar refractivity (Wildman–Crippen MR) is 77.8 cm³/mol. The fraction of sp³-hybridized carbons (Fsp3) is 0.333. The third-order valence-corrected chi connectivity index (χ3v) is 4.21. The first kappa shape index (κ1) is 14.2. The summed E-state index contributed by atoms with van der Waals surface area (Å²) in [5.41, 5.74) is 0.640. The normalized spacial score (nSPS) is 14.3. The van der Waals surface area contributed by atoms with Crippen LogP contribution in [0.1, 0.15) is 24.8 Å². The molecule has 2 aromatic rings. The van der Waals surface area contributed by atoms with Gasteiger partial charge in [0.15, 0.2) is 0 Å². The second-order valence-corrected chi connectivity index (χ2v) is 5.78. The Bertz CT molecular complexity index is 538. The molecule has 2 rings (SSSR count).